The van der Waals surface area contributed by atoms with Crippen LogP contribution in [0, 0.1) is 11.3 Å². The zero-order valence-electron chi connectivity index (χ0n) is 19.6. The van der Waals surface area contributed by atoms with Crippen molar-refractivity contribution in [1.82, 2.24) is 15.2 Å². The highest BCUT2D eigenvalue weighted by Crippen LogP contribution is 2.48. The zero-order valence-corrected chi connectivity index (χ0v) is 22.1. The number of thioether (sulfide) groups is 1. The van der Waals surface area contributed by atoms with Crippen molar-refractivity contribution in [3.05, 3.63) is 64.1 Å². The number of anilines is 2. The summed E-state index contributed by atoms with van der Waals surface area (Å²) in [7, 11) is 1.56. The van der Waals surface area contributed by atoms with Gasteiger partial charge in [-0.15, -0.1) is 21.5 Å². The summed E-state index contributed by atoms with van der Waals surface area (Å²) in [5, 5.41) is 24.2. The van der Waals surface area contributed by atoms with E-state index in [1.54, 1.807) is 29.7 Å². The number of para-hydroxylation sites is 1. The van der Waals surface area contributed by atoms with Crippen LogP contribution in [0.1, 0.15) is 30.7 Å². The summed E-state index contributed by atoms with van der Waals surface area (Å²) >= 11 is 3.82. The van der Waals surface area contributed by atoms with E-state index in [9.17, 15) is 14.9 Å². The molecule has 2 aliphatic rings. The fourth-order valence-corrected chi connectivity index (χ4v) is 6.67. The summed E-state index contributed by atoms with van der Waals surface area (Å²) in [6.07, 6.45) is 3.28. The van der Waals surface area contributed by atoms with Crippen LogP contribution in [0.5, 0.6) is 5.75 Å². The number of carbonyl (C=O) groups excluding carboxylic acids is 2. The minimum atomic E-state index is -0.628. The second-order valence-electron chi connectivity index (χ2n) is 8.08. The van der Waals surface area contributed by atoms with E-state index in [1.165, 1.54) is 34.4 Å². The Hall–Kier alpha value is -3.73. The Bertz CT molecular complexity index is 1460. The van der Waals surface area contributed by atoms with Gasteiger partial charge in [0.05, 0.1) is 30.4 Å². The van der Waals surface area contributed by atoms with Crippen molar-refractivity contribution < 1.29 is 14.3 Å². The number of nitrogens with two attached hydrogens (primary N) is 1. The van der Waals surface area contributed by atoms with Crippen LogP contribution < -0.4 is 20.7 Å². The summed E-state index contributed by atoms with van der Waals surface area (Å²) in [4.78, 5) is 31.2. The molecular weight excluding hydrogens is 531 g/mol. The van der Waals surface area contributed by atoms with E-state index in [2.05, 4.69) is 26.6 Å². The number of rotatable bonds is 7. The Kier molecular flexibility index (Phi) is 7.22. The second kappa shape index (κ2) is 10.7. The van der Waals surface area contributed by atoms with E-state index in [1.807, 2.05) is 18.2 Å². The number of aromatic nitrogens is 3. The van der Waals surface area contributed by atoms with E-state index in [0.29, 0.717) is 50.8 Å². The van der Waals surface area contributed by atoms with E-state index in [0.717, 1.165) is 5.70 Å². The molecule has 2 aromatic heterocycles. The fourth-order valence-electron chi connectivity index (χ4n) is 4.44. The normalized spacial score (nSPS) is 17.5. The molecule has 0 bridgehead atoms. The summed E-state index contributed by atoms with van der Waals surface area (Å²) in [5.74, 6) is 0.0596. The molecule has 5 rings (SSSR count). The number of nitrogens with one attached hydrogen (secondary N) is 1. The molecule has 3 aromatic rings. The van der Waals surface area contributed by atoms with Gasteiger partial charge in [0, 0.05) is 34.8 Å². The van der Waals surface area contributed by atoms with Gasteiger partial charge in [-0.25, -0.2) is 4.98 Å². The second-order valence-corrected chi connectivity index (χ2v) is 11.2. The molecule has 1 aliphatic heterocycles. The highest BCUT2D eigenvalue weighted by Gasteiger charge is 2.42. The van der Waals surface area contributed by atoms with E-state index in [-0.39, 0.29) is 28.8 Å². The number of methoxy groups -OCH3 is 1. The first-order valence-corrected chi connectivity index (χ1v) is 13.9. The molecule has 3 N–H and O–H groups in total. The van der Waals surface area contributed by atoms with Crippen molar-refractivity contribution in [3.63, 3.8) is 0 Å². The maximum absolute atomic E-state index is 13.3. The average molecular weight is 552 g/mol. The third kappa shape index (κ3) is 4.83. The highest BCUT2D eigenvalue weighted by atomic mass is 32.2. The number of carbonyl (C=O) groups is 2. The van der Waals surface area contributed by atoms with E-state index in [4.69, 9.17) is 10.5 Å². The molecule has 1 atom stereocenters. The topological polar surface area (TPSA) is 147 Å². The Labute approximate surface area is 224 Å². The predicted octanol–water partition coefficient (Wildman–Crippen LogP) is 4.04. The van der Waals surface area contributed by atoms with E-state index < -0.39 is 5.92 Å². The van der Waals surface area contributed by atoms with Crippen LogP contribution >= 0.6 is 34.4 Å². The molecule has 1 aliphatic carbocycles. The molecule has 1 amide bonds. The summed E-state index contributed by atoms with van der Waals surface area (Å²) in [6.45, 7) is 0. The first-order chi connectivity index (χ1) is 18.0. The van der Waals surface area contributed by atoms with Crippen LogP contribution in [-0.2, 0) is 9.59 Å². The Morgan fingerprint density at radius 2 is 2.19 bits per heavy atom. The summed E-state index contributed by atoms with van der Waals surface area (Å²) < 4.78 is 6.12. The molecule has 13 heteroatoms. The lowest BCUT2D eigenvalue weighted by Crippen LogP contribution is -2.38. The maximum Gasteiger partial charge on any atom is 0.236 e. The number of nitriles is 1. The third-order valence-electron chi connectivity index (χ3n) is 5.96. The quantitative estimate of drug-likeness (QED) is 0.412. The van der Waals surface area contributed by atoms with Gasteiger partial charge in [-0.1, -0.05) is 41.3 Å². The van der Waals surface area contributed by atoms with Gasteiger partial charge >= 0.3 is 0 Å². The number of allylic oxidation sites excluding steroid dienone is 3. The fraction of sp³-hybridized carbons (Fsp3) is 0.250. The van der Waals surface area contributed by atoms with Crippen LogP contribution in [0.15, 0.2) is 62.8 Å². The van der Waals surface area contributed by atoms with Crippen LogP contribution in [0.2, 0.25) is 0 Å². The molecule has 1 unspecified atom stereocenters. The standard InChI is InChI=1S/C24H21N7O3S3/c1-34-17-8-3-2-5-13(17)19-14(11-25)21(26)31(15-6-4-7-16(32)20(15)19)23-29-30-24(37-23)36-12-18(33)28-22-27-9-10-35-22/h2-3,5,8-10,19H,4,6-7,12,26H2,1H3,(H,27,28,33). The Morgan fingerprint density at radius 1 is 1.35 bits per heavy atom. The van der Waals surface area contributed by atoms with Gasteiger partial charge in [-0.2, -0.15) is 5.26 Å². The SMILES string of the molecule is COc1ccccc1C1C(C#N)=C(N)N(c2nnc(SCC(=O)Nc3nccs3)s2)C2=C1C(=O)CCC2. The van der Waals surface area contributed by atoms with Gasteiger partial charge in [0.2, 0.25) is 11.0 Å². The molecule has 0 fully saturated rings. The molecule has 0 spiro atoms. The molecule has 37 heavy (non-hydrogen) atoms. The Balaban J connectivity index is 1.48. The minimum absolute atomic E-state index is 0.0274. The van der Waals surface area contributed by atoms with Crippen molar-refractivity contribution >= 4 is 56.4 Å². The number of ketones is 1. The van der Waals surface area contributed by atoms with Crippen LogP contribution in [-0.4, -0.2) is 39.7 Å². The number of hydrogen-bond acceptors (Lipinski definition) is 12. The molecular formula is C24H21N7O3S3. The number of nitrogens with zero attached hydrogens (tertiary/aromatic N) is 5. The van der Waals surface area contributed by atoms with Crippen LogP contribution in [0.25, 0.3) is 0 Å². The Morgan fingerprint density at radius 3 is 2.95 bits per heavy atom. The molecule has 10 nitrogen and oxygen atoms in total. The molecule has 0 saturated heterocycles. The van der Waals surface area contributed by atoms with Gasteiger partial charge < -0.3 is 15.8 Å². The van der Waals surface area contributed by atoms with Gasteiger partial charge in [0.15, 0.2) is 15.3 Å². The molecule has 0 radical (unpaired) electrons. The monoisotopic (exact) mass is 551 g/mol. The van der Waals surface area contributed by atoms with E-state index >= 15 is 0 Å². The predicted molar refractivity (Wildman–Crippen MR) is 142 cm³/mol. The van der Waals surface area contributed by atoms with Gasteiger partial charge in [0.1, 0.15) is 11.6 Å². The summed E-state index contributed by atoms with van der Waals surface area (Å²) in [5.41, 5.74) is 8.83. The largest absolute Gasteiger partial charge is 0.496 e. The minimum Gasteiger partial charge on any atom is -0.496 e. The first-order valence-electron chi connectivity index (χ1n) is 11.3. The van der Waals surface area contributed by atoms with Crippen molar-refractivity contribution in [3.8, 4) is 11.8 Å². The molecule has 0 saturated carbocycles. The number of Topliss-reactive ketones (excluding diaryl/α,β-unsaturated/α-hetero) is 1. The zero-order chi connectivity index (χ0) is 25.9. The van der Waals surface area contributed by atoms with Crippen LogP contribution in [0.4, 0.5) is 10.3 Å². The highest BCUT2D eigenvalue weighted by molar-refractivity contribution is 8.01. The molecule has 1 aromatic carbocycles. The van der Waals surface area contributed by atoms with Crippen molar-refractivity contribution in [1.29, 1.82) is 5.26 Å². The van der Waals surface area contributed by atoms with Gasteiger partial charge in [-0.3, -0.25) is 14.5 Å². The average Bonchev–Trinajstić information content (AvgIpc) is 3.59. The third-order valence-corrected chi connectivity index (χ3v) is 8.69. The lowest BCUT2D eigenvalue weighted by molar-refractivity contribution is -0.116. The van der Waals surface area contributed by atoms with Gasteiger partial charge in [-0.05, 0) is 18.9 Å². The number of benzene rings is 1. The van der Waals surface area contributed by atoms with Crippen molar-refractivity contribution in [2.45, 2.75) is 29.5 Å². The lowest BCUT2D eigenvalue weighted by atomic mass is 9.75. The number of hydrogen-bond donors (Lipinski definition) is 2. The number of thiazole rings is 1. The summed E-state index contributed by atoms with van der Waals surface area (Å²) in [6, 6.07) is 9.59. The number of ether oxygens (including phenoxy) is 1. The smallest absolute Gasteiger partial charge is 0.236 e. The van der Waals surface area contributed by atoms with Gasteiger partial charge in [0.25, 0.3) is 0 Å². The maximum atomic E-state index is 13.3. The van der Waals surface area contributed by atoms with Crippen LogP contribution in [0.3, 0.4) is 0 Å². The molecule has 188 valence electrons. The van der Waals surface area contributed by atoms with Crippen molar-refractivity contribution in [2.75, 3.05) is 23.1 Å². The first kappa shape index (κ1) is 24.9. The number of amides is 1. The molecule has 3 heterocycles. The lowest BCUT2D eigenvalue weighted by Gasteiger charge is -2.38. The van der Waals surface area contributed by atoms with Crippen molar-refractivity contribution in [2.24, 2.45) is 5.73 Å².